The van der Waals surface area contributed by atoms with E-state index in [2.05, 4.69) is 19.2 Å². The van der Waals surface area contributed by atoms with Crippen LogP contribution in [0.25, 0.3) is 0 Å². The maximum atomic E-state index is 5.31. The van der Waals surface area contributed by atoms with Gasteiger partial charge in [0.25, 0.3) is 0 Å². The molecule has 74 valence electrons. The smallest absolute Gasteiger partial charge is 0.0642 e. The van der Waals surface area contributed by atoms with E-state index in [9.17, 15) is 0 Å². The van der Waals surface area contributed by atoms with E-state index in [1.807, 2.05) is 6.92 Å². The van der Waals surface area contributed by atoms with Gasteiger partial charge in [-0.1, -0.05) is 13.8 Å². The third-order valence-electron chi connectivity index (χ3n) is 1.46. The van der Waals surface area contributed by atoms with Gasteiger partial charge in [-0.25, -0.2) is 0 Å². The first-order valence-electron chi connectivity index (χ1n) is 4.53. The molecule has 12 heavy (non-hydrogen) atoms. The second kappa shape index (κ2) is 7.53. The number of methoxy groups -OCH3 is 1. The molecule has 0 bridgehead atoms. The standard InChI is InChI=1S/C9H21NO2/c1-5-12-7-9(6-11-4)10-8(2)3/h8-10H,5-7H2,1-4H3. The molecule has 0 aliphatic heterocycles. The summed E-state index contributed by atoms with van der Waals surface area (Å²) in [5.41, 5.74) is 0. The second-order valence-corrected chi connectivity index (χ2v) is 3.13. The molecular weight excluding hydrogens is 154 g/mol. The summed E-state index contributed by atoms with van der Waals surface area (Å²) in [6.45, 7) is 8.43. The molecule has 1 unspecified atom stereocenters. The monoisotopic (exact) mass is 175 g/mol. The Kier molecular flexibility index (Phi) is 7.45. The topological polar surface area (TPSA) is 30.5 Å². The van der Waals surface area contributed by atoms with Gasteiger partial charge in [0.1, 0.15) is 0 Å². The van der Waals surface area contributed by atoms with E-state index in [0.29, 0.717) is 18.7 Å². The SMILES string of the molecule is CCOCC(COC)NC(C)C. The molecule has 0 aromatic carbocycles. The Balaban J connectivity index is 3.54. The van der Waals surface area contributed by atoms with Crippen molar-refractivity contribution in [3.8, 4) is 0 Å². The molecular formula is C9H21NO2. The van der Waals surface area contributed by atoms with Gasteiger partial charge in [0.2, 0.25) is 0 Å². The Morgan fingerprint density at radius 1 is 1.25 bits per heavy atom. The maximum absolute atomic E-state index is 5.31. The van der Waals surface area contributed by atoms with E-state index in [0.717, 1.165) is 13.2 Å². The summed E-state index contributed by atoms with van der Waals surface area (Å²) >= 11 is 0. The van der Waals surface area contributed by atoms with Gasteiger partial charge in [-0.2, -0.15) is 0 Å². The minimum atomic E-state index is 0.315. The zero-order chi connectivity index (χ0) is 9.40. The van der Waals surface area contributed by atoms with E-state index in [1.54, 1.807) is 7.11 Å². The van der Waals surface area contributed by atoms with Gasteiger partial charge in [0, 0.05) is 19.8 Å². The van der Waals surface area contributed by atoms with Crippen molar-refractivity contribution >= 4 is 0 Å². The van der Waals surface area contributed by atoms with Crippen molar-refractivity contribution in [2.24, 2.45) is 0 Å². The molecule has 0 spiro atoms. The lowest BCUT2D eigenvalue weighted by molar-refractivity contribution is 0.0778. The predicted molar refractivity (Wildman–Crippen MR) is 50.4 cm³/mol. The summed E-state index contributed by atoms with van der Waals surface area (Å²) in [6, 6.07) is 0.792. The number of hydrogen-bond donors (Lipinski definition) is 1. The number of hydrogen-bond acceptors (Lipinski definition) is 3. The van der Waals surface area contributed by atoms with Crippen LogP contribution >= 0.6 is 0 Å². The summed E-state index contributed by atoms with van der Waals surface area (Å²) in [6.07, 6.45) is 0. The Labute approximate surface area is 75.4 Å². The lowest BCUT2D eigenvalue weighted by atomic mass is 10.3. The van der Waals surface area contributed by atoms with Crippen molar-refractivity contribution in [3.05, 3.63) is 0 Å². The van der Waals surface area contributed by atoms with Crippen molar-refractivity contribution in [1.29, 1.82) is 0 Å². The van der Waals surface area contributed by atoms with Crippen LogP contribution in [0.2, 0.25) is 0 Å². The molecule has 0 radical (unpaired) electrons. The van der Waals surface area contributed by atoms with Gasteiger partial charge in [-0.05, 0) is 6.92 Å². The molecule has 0 aliphatic carbocycles. The van der Waals surface area contributed by atoms with Crippen LogP contribution in [0.3, 0.4) is 0 Å². The Hall–Kier alpha value is -0.120. The fraction of sp³-hybridized carbons (Fsp3) is 1.00. The highest BCUT2D eigenvalue weighted by molar-refractivity contribution is 4.67. The molecule has 3 heteroatoms. The van der Waals surface area contributed by atoms with Gasteiger partial charge in [-0.15, -0.1) is 0 Å². The fourth-order valence-electron chi connectivity index (χ4n) is 1.08. The van der Waals surface area contributed by atoms with E-state index in [4.69, 9.17) is 9.47 Å². The van der Waals surface area contributed by atoms with Crippen molar-refractivity contribution in [2.45, 2.75) is 32.9 Å². The maximum Gasteiger partial charge on any atom is 0.0642 e. The second-order valence-electron chi connectivity index (χ2n) is 3.13. The summed E-state index contributed by atoms with van der Waals surface area (Å²) in [5.74, 6) is 0. The van der Waals surface area contributed by atoms with Crippen molar-refractivity contribution < 1.29 is 9.47 Å². The molecule has 0 amide bonds. The predicted octanol–water partition coefficient (Wildman–Crippen LogP) is 1.04. The summed E-state index contributed by atoms with van der Waals surface area (Å²) < 4.78 is 10.4. The van der Waals surface area contributed by atoms with Crippen molar-refractivity contribution in [1.82, 2.24) is 5.32 Å². The Morgan fingerprint density at radius 2 is 1.92 bits per heavy atom. The van der Waals surface area contributed by atoms with Crippen LogP contribution in [-0.4, -0.2) is 39.0 Å². The third kappa shape index (κ3) is 6.58. The molecule has 1 atom stereocenters. The number of ether oxygens (including phenoxy) is 2. The number of rotatable bonds is 7. The quantitative estimate of drug-likeness (QED) is 0.627. The average Bonchev–Trinajstić information content (AvgIpc) is 2.00. The van der Waals surface area contributed by atoms with Crippen molar-refractivity contribution in [2.75, 3.05) is 26.9 Å². The highest BCUT2D eigenvalue weighted by atomic mass is 16.5. The first kappa shape index (κ1) is 11.9. The average molecular weight is 175 g/mol. The highest BCUT2D eigenvalue weighted by Crippen LogP contribution is 1.90. The van der Waals surface area contributed by atoms with Crippen LogP contribution < -0.4 is 5.32 Å². The minimum Gasteiger partial charge on any atom is -0.383 e. The van der Waals surface area contributed by atoms with Gasteiger partial charge in [0.05, 0.1) is 19.3 Å². The molecule has 0 saturated carbocycles. The van der Waals surface area contributed by atoms with Crippen LogP contribution in [-0.2, 0) is 9.47 Å². The molecule has 0 rings (SSSR count). The van der Waals surface area contributed by atoms with Crippen LogP contribution in [0.15, 0.2) is 0 Å². The molecule has 0 fully saturated rings. The molecule has 3 nitrogen and oxygen atoms in total. The minimum absolute atomic E-state index is 0.315. The molecule has 0 aromatic heterocycles. The van der Waals surface area contributed by atoms with Gasteiger partial charge >= 0.3 is 0 Å². The molecule has 0 heterocycles. The zero-order valence-electron chi connectivity index (χ0n) is 8.59. The van der Waals surface area contributed by atoms with Crippen LogP contribution in [0, 0.1) is 0 Å². The molecule has 1 N–H and O–H groups in total. The van der Waals surface area contributed by atoms with Gasteiger partial charge in [-0.3, -0.25) is 0 Å². The Bertz CT molecular complexity index is 96.5. The molecule has 0 saturated heterocycles. The van der Waals surface area contributed by atoms with Crippen LogP contribution in [0.1, 0.15) is 20.8 Å². The normalized spacial score (nSPS) is 13.8. The van der Waals surface area contributed by atoms with Crippen molar-refractivity contribution in [3.63, 3.8) is 0 Å². The summed E-state index contributed by atoms with van der Waals surface area (Å²) in [5, 5.41) is 3.37. The van der Waals surface area contributed by atoms with E-state index in [1.165, 1.54) is 0 Å². The van der Waals surface area contributed by atoms with Crippen LogP contribution in [0.4, 0.5) is 0 Å². The van der Waals surface area contributed by atoms with Crippen LogP contribution in [0.5, 0.6) is 0 Å². The highest BCUT2D eigenvalue weighted by Gasteiger charge is 2.08. The largest absolute Gasteiger partial charge is 0.383 e. The zero-order valence-corrected chi connectivity index (χ0v) is 8.59. The Morgan fingerprint density at radius 3 is 2.33 bits per heavy atom. The first-order valence-corrected chi connectivity index (χ1v) is 4.53. The number of nitrogens with one attached hydrogen (secondary N) is 1. The summed E-state index contributed by atoms with van der Waals surface area (Å²) in [7, 11) is 1.71. The molecule has 0 aliphatic rings. The van der Waals surface area contributed by atoms with Gasteiger partial charge in [0.15, 0.2) is 0 Å². The van der Waals surface area contributed by atoms with E-state index < -0.39 is 0 Å². The fourth-order valence-corrected chi connectivity index (χ4v) is 1.08. The van der Waals surface area contributed by atoms with E-state index in [-0.39, 0.29) is 0 Å². The van der Waals surface area contributed by atoms with Gasteiger partial charge < -0.3 is 14.8 Å². The lowest BCUT2D eigenvalue weighted by Gasteiger charge is -2.19. The first-order chi connectivity index (χ1) is 5.70. The summed E-state index contributed by atoms with van der Waals surface area (Å²) in [4.78, 5) is 0. The third-order valence-corrected chi connectivity index (χ3v) is 1.46. The lowest BCUT2D eigenvalue weighted by Crippen LogP contribution is -2.41. The van der Waals surface area contributed by atoms with E-state index >= 15 is 0 Å². The molecule has 0 aromatic rings.